The zero-order chi connectivity index (χ0) is 22.7. The van der Waals surface area contributed by atoms with Gasteiger partial charge in [-0.1, -0.05) is 64.6 Å². The smallest absolute Gasteiger partial charge is 0.361 e. The number of esters is 1. The van der Waals surface area contributed by atoms with Gasteiger partial charge in [-0.2, -0.15) is 8.42 Å². The molecule has 0 radical (unpaired) electrons. The van der Waals surface area contributed by atoms with Crippen LogP contribution in [0.4, 0.5) is 0 Å². The maximum absolute atomic E-state index is 12.6. The summed E-state index contributed by atoms with van der Waals surface area (Å²) in [6, 6.07) is 19.6. The van der Waals surface area contributed by atoms with E-state index >= 15 is 0 Å². The number of ether oxygens (including phenoxy) is 1. The number of rotatable bonds is 6. The van der Waals surface area contributed by atoms with Gasteiger partial charge in [-0.3, -0.25) is 4.28 Å². The Labute approximate surface area is 195 Å². The zero-order valence-electron chi connectivity index (χ0n) is 17.3. The van der Waals surface area contributed by atoms with Crippen molar-refractivity contribution in [2.75, 3.05) is 6.61 Å². The van der Waals surface area contributed by atoms with Crippen LogP contribution >= 0.6 is 23.5 Å². The highest BCUT2D eigenvalue weighted by Gasteiger charge is 2.23. The summed E-state index contributed by atoms with van der Waals surface area (Å²) in [5, 5.41) is 3.71. The minimum atomic E-state index is -4.19. The molecule has 164 valence electrons. The van der Waals surface area contributed by atoms with Crippen LogP contribution in [0, 0.1) is 6.92 Å². The predicted octanol–water partition coefficient (Wildman–Crippen LogP) is 5.28. The van der Waals surface area contributed by atoms with Gasteiger partial charge in [0.05, 0.1) is 6.61 Å². The van der Waals surface area contributed by atoms with E-state index in [9.17, 15) is 13.2 Å². The molecule has 0 amide bonds. The number of benzene rings is 3. The quantitative estimate of drug-likeness (QED) is 0.209. The molecule has 3 aromatic rings. The summed E-state index contributed by atoms with van der Waals surface area (Å²) >= 11 is 3.21. The summed E-state index contributed by atoms with van der Waals surface area (Å²) in [5.41, 5.74) is 1.11. The monoisotopic (exact) mass is 485 g/mol. The standard InChI is InChI=1S/C23H19NO5S3/c1-3-28-23(25)22(24-29-32(26,27)17-11-8-15(2)9-12-17)16-10-13-20-21(14-16)31-19-7-5-4-6-18(19)30-20/h4-14H,3H2,1-2H3. The summed E-state index contributed by atoms with van der Waals surface area (Å²) in [6.45, 7) is 3.63. The fourth-order valence-corrected chi connectivity index (χ4v) is 5.90. The third-order valence-electron chi connectivity index (χ3n) is 4.51. The first-order valence-corrected chi connectivity index (χ1v) is 12.8. The third kappa shape index (κ3) is 4.85. The van der Waals surface area contributed by atoms with Crippen LogP contribution in [0.5, 0.6) is 0 Å². The molecule has 0 saturated heterocycles. The Bertz CT molecular complexity index is 1300. The lowest BCUT2D eigenvalue weighted by atomic mass is 10.1. The summed E-state index contributed by atoms with van der Waals surface area (Å²) in [5.74, 6) is -0.764. The zero-order valence-corrected chi connectivity index (χ0v) is 19.7. The van der Waals surface area contributed by atoms with Crippen molar-refractivity contribution in [1.82, 2.24) is 0 Å². The van der Waals surface area contributed by atoms with Crippen LogP contribution in [0.1, 0.15) is 18.1 Å². The Kier molecular flexibility index (Phi) is 6.59. The highest BCUT2D eigenvalue weighted by molar-refractivity contribution is 8.05. The van der Waals surface area contributed by atoms with Gasteiger partial charge < -0.3 is 4.74 Å². The van der Waals surface area contributed by atoms with Crippen LogP contribution < -0.4 is 0 Å². The van der Waals surface area contributed by atoms with Crippen LogP contribution in [-0.2, 0) is 23.9 Å². The fourth-order valence-electron chi connectivity index (χ4n) is 2.92. The minimum absolute atomic E-state index is 0.0518. The highest BCUT2D eigenvalue weighted by atomic mass is 32.2. The second-order valence-corrected chi connectivity index (χ2v) is 10.5. The van der Waals surface area contributed by atoms with Crippen molar-refractivity contribution in [3.05, 3.63) is 77.9 Å². The predicted molar refractivity (Wildman–Crippen MR) is 124 cm³/mol. The van der Waals surface area contributed by atoms with Crippen molar-refractivity contribution >= 4 is 45.3 Å². The minimum Gasteiger partial charge on any atom is -0.461 e. The average molecular weight is 486 g/mol. The number of carbonyl (C=O) groups is 1. The Hall–Kier alpha value is -2.75. The molecule has 0 N–H and O–H groups in total. The van der Waals surface area contributed by atoms with Gasteiger partial charge >= 0.3 is 16.1 Å². The van der Waals surface area contributed by atoms with Crippen molar-refractivity contribution in [1.29, 1.82) is 0 Å². The van der Waals surface area contributed by atoms with Crippen molar-refractivity contribution in [3.63, 3.8) is 0 Å². The third-order valence-corrected chi connectivity index (χ3v) is 8.18. The summed E-state index contributed by atoms with van der Waals surface area (Å²) in [4.78, 5) is 16.8. The van der Waals surface area contributed by atoms with Crippen molar-refractivity contribution in [2.45, 2.75) is 38.3 Å². The Morgan fingerprint density at radius 2 is 1.53 bits per heavy atom. The van der Waals surface area contributed by atoms with Crippen LogP contribution in [0.15, 0.2) is 96.4 Å². The van der Waals surface area contributed by atoms with E-state index in [1.54, 1.807) is 54.7 Å². The van der Waals surface area contributed by atoms with Crippen molar-refractivity contribution in [2.24, 2.45) is 5.16 Å². The molecular formula is C23H19NO5S3. The molecule has 0 fully saturated rings. The molecule has 0 spiro atoms. The van der Waals surface area contributed by atoms with Gasteiger partial charge in [0, 0.05) is 25.1 Å². The normalized spacial score (nSPS) is 13.1. The summed E-state index contributed by atoms with van der Waals surface area (Å²) < 4.78 is 35.1. The number of nitrogens with zero attached hydrogens (tertiary/aromatic N) is 1. The van der Waals surface area contributed by atoms with Crippen LogP contribution in [-0.4, -0.2) is 26.7 Å². The Morgan fingerprint density at radius 1 is 0.906 bits per heavy atom. The number of carbonyl (C=O) groups excluding carboxylic acids is 1. The lowest BCUT2D eigenvalue weighted by Crippen LogP contribution is -2.20. The van der Waals surface area contributed by atoms with Crippen LogP contribution in [0.25, 0.3) is 0 Å². The second kappa shape index (κ2) is 9.40. The number of oxime groups is 1. The van der Waals surface area contributed by atoms with Gasteiger partial charge in [0.1, 0.15) is 4.90 Å². The van der Waals surface area contributed by atoms with Gasteiger partial charge in [0.2, 0.25) is 0 Å². The number of fused-ring (bicyclic) bond motifs is 2. The molecule has 3 aromatic carbocycles. The molecule has 4 rings (SSSR count). The maximum atomic E-state index is 12.6. The van der Waals surface area contributed by atoms with Crippen molar-refractivity contribution in [3.8, 4) is 0 Å². The SMILES string of the molecule is CCOC(=O)C(=NOS(=O)(=O)c1ccc(C)cc1)c1ccc2c(c1)Sc1ccccc1S2. The fraction of sp³-hybridized carbons (Fsp3) is 0.130. The molecule has 1 aliphatic rings. The maximum Gasteiger partial charge on any atom is 0.361 e. The Morgan fingerprint density at radius 3 is 2.19 bits per heavy atom. The lowest BCUT2D eigenvalue weighted by Gasteiger charge is -2.18. The first-order valence-electron chi connectivity index (χ1n) is 9.72. The number of hydrogen-bond acceptors (Lipinski definition) is 8. The molecule has 32 heavy (non-hydrogen) atoms. The largest absolute Gasteiger partial charge is 0.461 e. The lowest BCUT2D eigenvalue weighted by molar-refractivity contribution is -0.135. The van der Waals surface area contributed by atoms with E-state index in [0.717, 1.165) is 25.1 Å². The van der Waals surface area contributed by atoms with E-state index in [1.165, 1.54) is 12.1 Å². The van der Waals surface area contributed by atoms with Crippen molar-refractivity contribution < 1.29 is 22.2 Å². The molecule has 0 aromatic heterocycles. The first kappa shape index (κ1) is 22.4. The van der Waals surface area contributed by atoms with Crippen LogP contribution in [0.2, 0.25) is 0 Å². The summed E-state index contributed by atoms with van der Waals surface area (Å²) in [6.07, 6.45) is 0. The molecule has 0 saturated carbocycles. The molecule has 0 atom stereocenters. The van der Waals surface area contributed by atoms with E-state index < -0.39 is 16.1 Å². The second-order valence-electron chi connectivity index (χ2n) is 6.81. The molecule has 1 heterocycles. The van der Waals surface area contributed by atoms with E-state index in [1.807, 2.05) is 31.2 Å². The summed E-state index contributed by atoms with van der Waals surface area (Å²) in [7, 11) is -4.19. The van der Waals surface area contributed by atoms with Gasteiger partial charge in [0.25, 0.3) is 0 Å². The van der Waals surface area contributed by atoms with Gasteiger partial charge in [-0.05, 0) is 50.2 Å². The number of hydrogen-bond donors (Lipinski definition) is 0. The molecule has 6 nitrogen and oxygen atoms in total. The molecule has 1 aliphatic heterocycles. The molecule has 0 aliphatic carbocycles. The van der Waals surface area contributed by atoms with Crippen LogP contribution in [0.3, 0.4) is 0 Å². The molecule has 0 unspecified atom stereocenters. The molecule has 9 heteroatoms. The first-order chi connectivity index (χ1) is 15.4. The molecule has 0 bridgehead atoms. The van der Waals surface area contributed by atoms with E-state index in [-0.39, 0.29) is 17.2 Å². The Balaban J connectivity index is 1.67. The van der Waals surface area contributed by atoms with Gasteiger partial charge in [0.15, 0.2) is 5.71 Å². The topological polar surface area (TPSA) is 82.0 Å². The van der Waals surface area contributed by atoms with Gasteiger partial charge in [-0.25, -0.2) is 4.79 Å². The molecular weight excluding hydrogens is 466 g/mol. The highest BCUT2D eigenvalue weighted by Crippen LogP contribution is 2.48. The number of aryl methyl sites for hydroxylation is 1. The van der Waals surface area contributed by atoms with E-state index in [4.69, 9.17) is 9.02 Å². The van der Waals surface area contributed by atoms with E-state index in [0.29, 0.717) is 5.56 Å². The van der Waals surface area contributed by atoms with Gasteiger partial charge in [-0.15, -0.1) is 0 Å². The van der Waals surface area contributed by atoms with E-state index in [2.05, 4.69) is 11.2 Å². The average Bonchev–Trinajstić information content (AvgIpc) is 2.78.